The number of hydrogen-bond acceptors (Lipinski definition) is 3. The maximum Gasteiger partial charge on any atom is 0.407 e. The molecule has 0 atom stereocenters. The molecule has 0 heterocycles. The Morgan fingerprint density at radius 3 is 2.31 bits per heavy atom. The molecule has 0 bridgehead atoms. The van der Waals surface area contributed by atoms with Gasteiger partial charge in [0.1, 0.15) is 11.4 Å². The number of amides is 1. The molecule has 1 amide bonds. The fourth-order valence-corrected chi connectivity index (χ4v) is 1.19. The lowest BCUT2D eigenvalue weighted by Gasteiger charge is -2.19. The van der Waals surface area contributed by atoms with Gasteiger partial charge in [-0.3, -0.25) is 4.79 Å². The Morgan fingerprint density at radius 2 is 1.81 bits per heavy atom. The Kier molecular flexibility index (Phi) is 6.77. The average molecular weight is 229 g/mol. The summed E-state index contributed by atoms with van der Waals surface area (Å²) in [6.45, 7) is 7.92. The van der Waals surface area contributed by atoms with Crippen molar-refractivity contribution < 1.29 is 14.3 Å². The third-order valence-electron chi connectivity index (χ3n) is 1.83. The predicted octanol–water partition coefficient (Wildman–Crippen LogP) is 2.66. The monoisotopic (exact) mass is 229 g/mol. The molecule has 94 valence electrons. The van der Waals surface area contributed by atoms with Crippen LogP contribution >= 0.6 is 0 Å². The molecular weight excluding hydrogens is 206 g/mol. The number of ether oxygens (including phenoxy) is 1. The minimum Gasteiger partial charge on any atom is -0.444 e. The van der Waals surface area contributed by atoms with Crippen molar-refractivity contribution in [3.05, 3.63) is 0 Å². The first-order valence-corrected chi connectivity index (χ1v) is 5.83. The van der Waals surface area contributed by atoms with Crippen molar-refractivity contribution in [2.45, 2.75) is 59.0 Å². The van der Waals surface area contributed by atoms with Crippen LogP contribution in [0.4, 0.5) is 4.79 Å². The van der Waals surface area contributed by atoms with Crippen molar-refractivity contribution in [2.75, 3.05) is 6.54 Å². The van der Waals surface area contributed by atoms with E-state index in [1.165, 1.54) is 0 Å². The van der Waals surface area contributed by atoms with Crippen LogP contribution in [0.3, 0.4) is 0 Å². The molecule has 0 saturated carbocycles. The van der Waals surface area contributed by atoms with Crippen LogP contribution in [0.15, 0.2) is 0 Å². The van der Waals surface area contributed by atoms with Crippen LogP contribution in [0.5, 0.6) is 0 Å². The second-order valence-corrected chi connectivity index (χ2v) is 4.82. The molecule has 0 rings (SSSR count). The van der Waals surface area contributed by atoms with Crippen molar-refractivity contribution in [1.29, 1.82) is 0 Å². The molecule has 0 aromatic carbocycles. The summed E-state index contributed by atoms with van der Waals surface area (Å²) >= 11 is 0. The maximum atomic E-state index is 11.2. The molecule has 0 saturated heterocycles. The lowest BCUT2D eigenvalue weighted by Crippen LogP contribution is -2.33. The summed E-state index contributed by atoms with van der Waals surface area (Å²) in [5, 5.41) is 2.62. The van der Waals surface area contributed by atoms with E-state index in [2.05, 4.69) is 5.32 Å². The minimum atomic E-state index is -0.470. The van der Waals surface area contributed by atoms with E-state index in [1.54, 1.807) is 0 Å². The molecule has 0 aromatic heterocycles. The van der Waals surface area contributed by atoms with Crippen LogP contribution in [0.2, 0.25) is 0 Å². The Balaban J connectivity index is 3.52. The fraction of sp³-hybridized carbons (Fsp3) is 0.833. The fourth-order valence-electron chi connectivity index (χ4n) is 1.19. The minimum absolute atomic E-state index is 0.258. The SMILES string of the molecule is CCCC(=O)CCCNC(=O)OC(C)(C)C. The van der Waals surface area contributed by atoms with Crippen molar-refractivity contribution in [3.8, 4) is 0 Å². The first-order valence-electron chi connectivity index (χ1n) is 5.83. The van der Waals surface area contributed by atoms with Crippen LogP contribution in [0.1, 0.15) is 53.4 Å². The lowest BCUT2D eigenvalue weighted by molar-refractivity contribution is -0.119. The van der Waals surface area contributed by atoms with Gasteiger partial charge in [0.2, 0.25) is 0 Å². The van der Waals surface area contributed by atoms with E-state index < -0.39 is 11.7 Å². The topological polar surface area (TPSA) is 55.4 Å². The number of carbonyl (C=O) groups excluding carboxylic acids is 2. The molecule has 16 heavy (non-hydrogen) atoms. The first-order chi connectivity index (χ1) is 7.35. The summed E-state index contributed by atoms with van der Waals surface area (Å²) in [6, 6.07) is 0. The van der Waals surface area contributed by atoms with Gasteiger partial charge in [0.25, 0.3) is 0 Å². The highest BCUT2D eigenvalue weighted by atomic mass is 16.6. The number of hydrogen-bond donors (Lipinski definition) is 1. The summed E-state index contributed by atoms with van der Waals surface area (Å²) in [5.74, 6) is 0.258. The largest absolute Gasteiger partial charge is 0.444 e. The standard InChI is InChI=1S/C12H23NO3/c1-5-7-10(14)8-6-9-13-11(15)16-12(2,3)4/h5-9H2,1-4H3,(H,13,15). The predicted molar refractivity (Wildman–Crippen MR) is 63.4 cm³/mol. The Morgan fingerprint density at radius 1 is 1.19 bits per heavy atom. The number of alkyl carbamates (subject to hydrolysis) is 1. The van der Waals surface area contributed by atoms with Gasteiger partial charge < -0.3 is 10.1 Å². The molecule has 0 aromatic rings. The van der Waals surface area contributed by atoms with E-state index in [4.69, 9.17) is 4.74 Å². The Hall–Kier alpha value is -1.06. The molecule has 4 nitrogen and oxygen atoms in total. The Bertz CT molecular complexity index is 231. The summed E-state index contributed by atoms with van der Waals surface area (Å²) in [6.07, 6.45) is 2.31. The smallest absolute Gasteiger partial charge is 0.407 e. The number of ketones is 1. The average Bonchev–Trinajstić information content (AvgIpc) is 2.10. The van der Waals surface area contributed by atoms with Crippen molar-refractivity contribution in [3.63, 3.8) is 0 Å². The van der Waals surface area contributed by atoms with Crippen molar-refractivity contribution in [2.24, 2.45) is 0 Å². The van der Waals surface area contributed by atoms with Crippen LogP contribution in [0.25, 0.3) is 0 Å². The quantitative estimate of drug-likeness (QED) is 0.712. The molecule has 0 fully saturated rings. The van der Waals surface area contributed by atoms with Gasteiger partial charge in [-0.1, -0.05) is 6.92 Å². The number of rotatable bonds is 6. The van der Waals surface area contributed by atoms with Gasteiger partial charge in [0, 0.05) is 19.4 Å². The molecule has 0 aliphatic heterocycles. The van der Waals surface area contributed by atoms with Gasteiger partial charge in [-0.2, -0.15) is 0 Å². The Labute approximate surface area is 97.7 Å². The third kappa shape index (κ3) is 9.49. The van der Waals surface area contributed by atoms with Gasteiger partial charge in [0.05, 0.1) is 0 Å². The number of Topliss-reactive ketones (excluding diaryl/α,β-unsaturated/α-hetero) is 1. The van der Waals surface area contributed by atoms with Crippen molar-refractivity contribution >= 4 is 11.9 Å². The summed E-state index contributed by atoms with van der Waals surface area (Å²) in [5.41, 5.74) is -0.470. The molecule has 0 unspecified atom stereocenters. The second kappa shape index (κ2) is 7.25. The van der Waals surface area contributed by atoms with Gasteiger partial charge in [-0.05, 0) is 33.6 Å². The highest BCUT2D eigenvalue weighted by Gasteiger charge is 2.15. The van der Waals surface area contributed by atoms with Crippen molar-refractivity contribution in [1.82, 2.24) is 5.32 Å². The van der Waals surface area contributed by atoms with E-state index in [9.17, 15) is 9.59 Å². The second-order valence-electron chi connectivity index (χ2n) is 4.82. The van der Waals surface area contributed by atoms with E-state index in [1.807, 2.05) is 27.7 Å². The third-order valence-corrected chi connectivity index (χ3v) is 1.83. The van der Waals surface area contributed by atoms with Gasteiger partial charge in [-0.15, -0.1) is 0 Å². The molecule has 0 aliphatic carbocycles. The number of carbonyl (C=O) groups is 2. The van der Waals surface area contributed by atoms with E-state index in [-0.39, 0.29) is 5.78 Å². The van der Waals surface area contributed by atoms with Gasteiger partial charge in [0.15, 0.2) is 0 Å². The van der Waals surface area contributed by atoms with Crippen LogP contribution < -0.4 is 5.32 Å². The summed E-state index contributed by atoms with van der Waals surface area (Å²) in [7, 11) is 0. The first kappa shape index (κ1) is 14.9. The highest BCUT2D eigenvalue weighted by Crippen LogP contribution is 2.06. The summed E-state index contributed by atoms with van der Waals surface area (Å²) < 4.78 is 5.06. The van der Waals surface area contributed by atoms with Crippen LogP contribution in [0, 0.1) is 0 Å². The number of nitrogens with one attached hydrogen (secondary N) is 1. The van der Waals surface area contributed by atoms with E-state index >= 15 is 0 Å². The summed E-state index contributed by atoms with van der Waals surface area (Å²) in [4.78, 5) is 22.4. The molecule has 4 heteroatoms. The van der Waals surface area contributed by atoms with Gasteiger partial charge >= 0.3 is 6.09 Å². The molecular formula is C12H23NO3. The van der Waals surface area contributed by atoms with E-state index in [0.29, 0.717) is 25.8 Å². The molecule has 0 spiro atoms. The van der Waals surface area contributed by atoms with Crippen LogP contribution in [-0.2, 0) is 9.53 Å². The zero-order valence-corrected chi connectivity index (χ0v) is 10.8. The normalized spacial score (nSPS) is 11.0. The highest BCUT2D eigenvalue weighted by molar-refractivity contribution is 5.78. The van der Waals surface area contributed by atoms with Gasteiger partial charge in [-0.25, -0.2) is 4.79 Å². The zero-order valence-electron chi connectivity index (χ0n) is 10.8. The molecule has 0 radical (unpaired) electrons. The van der Waals surface area contributed by atoms with E-state index in [0.717, 1.165) is 6.42 Å². The lowest BCUT2D eigenvalue weighted by atomic mass is 10.1. The molecule has 1 N–H and O–H groups in total. The maximum absolute atomic E-state index is 11.2. The molecule has 0 aliphatic rings. The van der Waals surface area contributed by atoms with Crippen LogP contribution in [-0.4, -0.2) is 24.0 Å². The zero-order chi connectivity index (χ0) is 12.6.